The summed E-state index contributed by atoms with van der Waals surface area (Å²) in [5.74, 6) is 0. The molecular formula is C15H24N2O. The highest BCUT2D eigenvalue weighted by Gasteiger charge is 2.19. The van der Waals surface area contributed by atoms with E-state index in [0.29, 0.717) is 0 Å². The summed E-state index contributed by atoms with van der Waals surface area (Å²) in [5, 5.41) is 13.2. The first-order chi connectivity index (χ1) is 8.81. The fourth-order valence-corrected chi connectivity index (χ4v) is 2.54. The van der Waals surface area contributed by atoms with Gasteiger partial charge in [-0.25, -0.2) is 0 Å². The van der Waals surface area contributed by atoms with Crippen LogP contribution in [0.2, 0.25) is 0 Å². The van der Waals surface area contributed by atoms with E-state index in [1.807, 2.05) is 0 Å². The van der Waals surface area contributed by atoms with Gasteiger partial charge < -0.3 is 15.3 Å². The van der Waals surface area contributed by atoms with Gasteiger partial charge in [-0.05, 0) is 37.4 Å². The first-order valence-corrected chi connectivity index (χ1v) is 7.03. The second kappa shape index (κ2) is 6.76. The first-order valence-electron chi connectivity index (χ1n) is 7.03. The number of nitrogens with one attached hydrogen (secondary N) is 1. The molecule has 0 spiro atoms. The molecule has 1 aliphatic rings. The zero-order chi connectivity index (χ0) is 12.8. The van der Waals surface area contributed by atoms with E-state index in [9.17, 15) is 5.11 Å². The predicted octanol–water partition coefficient (Wildman–Crippen LogP) is 2.15. The maximum absolute atomic E-state index is 9.79. The number of piperidine rings is 1. The van der Waals surface area contributed by atoms with E-state index in [1.54, 1.807) is 0 Å². The molecule has 2 rings (SSSR count). The van der Waals surface area contributed by atoms with Gasteiger partial charge >= 0.3 is 0 Å². The lowest BCUT2D eigenvalue weighted by Crippen LogP contribution is -2.38. The number of aliphatic hydroxyl groups excluding tert-OH is 1. The molecule has 1 atom stereocenters. The second-order valence-electron chi connectivity index (χ2n) is 5.05. The zero-order valence-corrected chi connectivity index (χ0v) is 11.2. The van der Waals surface area contributed by atoms with Gasteiger partial charge in [0.1, 0.15) is 0 Å². The maximum Gasteiger partial charge on any atom is 0.0715 e. The third kappa shape index (κ3) is 3.47. The Labute approximate surface area is 110 Å². The van der Waals surface area contributed by atoms with Crippen LogP contribution >= 0.6 is 0 Å². The predicted molar refractivity (Wildman–Crippen MR) is 75.9 cm³/mol. The molecule has 3 nitrogen and oxygen atoms in total. The largest absolute Gasteiger partial charge is 0.391 e. The van der Waals surface area contributed by atoms with E-state index in [0.717, 1.165) is 45.4 Å². The molecule has 3 heteroatoms. The van der Waals surface area contributed by atoms with Crippen molar-refractivity contribution in [1.29, 1.82) is 0 Å². The summed E-state index contributed by atoms with van der Waals surface area (Å²) in [6.07, 6.45) is 3.00. The summed E-state index contributed by atoms with van der Waals surface area (Å²) in [4.78, 5) is 2.32. The molecule has 0 aliphatic carbocycles. The summed E-state index contributed by atoms with van der Waals surface area (Å²) < 4.78 is 0. The number of hydrogen-bond acceptors (Lipinski definition) is 3. The van der Waals surface area contributed by atoms with Gasteiger partial charge in [-0.3, -0.25) is 0 Å². The molecule has 0 bridgehead atoms. The van der Waals surface area contributed by atoms with Crippen LogP contribution in [0.15, 0.2) is 24.3 Å². The van der Waals surface area contributed by atoms with Gasteiger partial charge in [-0.2, -0.15) is 0 Å². The normalized spacial score (nSPS) is 20.1. The van der Waals surface area contributed by atoms with E-state index >= 15 is 0 Å². The minimum absolute atomic E-state index is 0.171. The minimum Gasteiger partial charge on any atom is -0.391 e. The fourth-order valence-electron chi connectivity index (χ4n) is 2.54. The highest BCUT2D eigenvalue weighted by Crippen LogP contribution is 2.24. The quantitative estimate of drug-likeness (QED) is 0.784. The Morgan fingerprint density at radius 2 is 2.22 bits per heavy atom. The molecule has 0 saturated carbocycles. The molecule has 1 heterocycles. The van der Waals surface area contributed by atoms with Crippen LogP contribution in [0.1, 0.15) is 31.7 Å². The molecule has 0 amide bonds. The molecule has 1 aromatic carbocycles. The Morgan fingerprint density at radius 1 is 1.39 bits per heavy atom. The number of rotatable bonds is 5. The van der Waals surface area contributed by atoms with Crippen LogP contribution in [-0.4, -0.2) is 30.8 Å². The number of hydrogen-bond donors (Lipinski definition) is 2. The molecule has 2 N–H and O–H groups in total. The molecule has 100 valence electrons. The van der Waals surface area contributed by atoms with Gasteiger partial charge in [-0.1, -0.05) is 25.1 Å². The minimum atomic E-state index is -0.171. The molecule has 1 aromatic rings. The number of nitrogens with zero attached hydrogens (tertiary/aromatic N) is 1. The SMILES string of the molecule is CCCNCc1ccccc1N1CCCC(O)C1. The van der Waals surface area contributed by atoms with Crippen molar-refractivity contribution in [3.63, 3.8) is 0 Å². The highest BCUT2D eigenvalue weighted by atomic mass is 16.3. The fraction of sp³-hybridized carbons (Fsp3) is 0.600. The van der Waals surface area contributed by atoms with Crippen LogP contribution in [0.3, 0.4) is 0 Å². The summed E-state index contributed by atoms with van der Waals surface area (Å²) in [6, 6.07) is 8.52. The van der Waals surface area contributed by atoms with Crippen molar-refractivity contribution in [2.24, 2.45) is 0 Å². The number of aliphatic hydroxyl groups is 1. The lowest BCUT2D eigenvalue weighted by atomic mass is 10.1. The smallest absolute Gasteiger partial charge is 0.0715 e. The molecule has 0 aromatic heterocycles. The van der Waals surface area contributed by atoms with E-state index in [2.05, 4.69) is 41.4 Å². The molecule has 1 saturated heterocycles. The van der Waals surface area contributed by atoms with Gasteiger partial charge in [0.05, 0.1) is 6.10 Å². The van der Waals surface area contributed by atoms with Gasteiger partial charge in [0.2, 0.25) is 0 Å². The van der Waals surface area contributed by atoms with Crippen molar-refractivity contribution >= 4 is 5.69 Å². The average molecular weight is 248 g/mol. The van der Waals surface area contributed by atoms with Crippen LogP contribution < -0.4 is 10.2 Å². The molecule has 1 unspecified atom stereocenters. The third-order valence-electron chi connectivity index (χ3n) is 3.47. The summed E-state index contributed by atoms with van der Waals surface area (Å²) in [6.45, 7) is 5.97. The topological polar surface area (TPSA) is 35.5 Å². The van der Waals surface area contributed by atoms with Crippen molar-refractivity contribution in [3.05, 3.63) is 29.8 Å². The summed E-state index contributed by atoms with van der Waals surface area (Å²) >= 11 is 0. The summed E-state index contributed by atoms with van der Waals surface area (Å²) in [7, 11) is 0. The lowest BCUT2D eigenvalue weighted by molar-refractivity contribution is 0.154. The number of benzene rings is 1. The molecule has 18 heavy (non-hydrogen) atoms. The van der Waals surface area contributed by atoms with Crippen molar-refractivity contribution in [2.75, 3.05) is 24.5 Å². The molecular weight excluding hydrogens is 224 g/mol. The van der Waals surface area contributed by atoms with Crippen molar-refractivity contribution in [1.82, 2.24) is 5.32 Å². The van der Waals surface area contributed by atoms with Gasteiger partial charge in [0, 0.05) is 25.3 Å². The number of para-hydroxylation sites is 1. The Morgan fingerprint density at radius 3 is 3.00 bits per heavy atom. The van der Waals surface area contributed by atoms with Gasteiger partial charge in [0.15, 0.2) is 0 Å². The highest BCUT2D eigenvalue weighted by molar-refractivity contribution is 5.54. The van der Waals surface area contributed by atoms with E-state index in [1.165, 1.54) is 11.3 Å². The average Bonchev–Trinajstić information content (AvgIpc) is 2.40. The third-order valence-corrected chi connectivity index (χ3v) is 3.47. The van der Waals surface area contributed by atoms with E-state index < -0.39 is 0 Å². The van der Waals surface area contributed by atoms with Gasteiger partial charge in [0.25, 0.3) is 0 Å². The van der Waals surface area contributed by atoms with Crippen LogP contribution in [0.4, 0.5) is 5.69 Å². The standard InChI is InChI=1S/C15H24N2O/c1-2-9-16-11-13-6-3-4-8-15(13)17-10-5-7-14(18)12-17/h3-4,6,8,14,16,18H,2,5,7,9-12H2,1H3. The molecule has 1 fully saturated rings. The Bertz CT molecular complexity index is 367. The molecule has 0 radical (unpaired) electrons. The monoisotopic (exact) mass is 248 g/mol. The second-order valence-corrected chi connectivity index (χ2v) is 5.05. The Balaban J connectivity index is 2.06. The van der Waals surface area contributed by atoms with Gasteiger partial charge in [-0.15, -0.1) is 0 Å². The van der Waals surface area contributed by atoms with Crippen molar-refractivity contribution in [2.45, 2.75) is 38.8 Å². The van der Waals surface area contributed by atoms with Crippen LogP contribution in [0, 0.1) is 0 Å². The van der Waals surface area contributed by atoms with E-state index in [4.69, 9.17) is 0 Å². The van der Waals surface area contributed by atoms with E-state index in [-0.39, 0.29) is 6.10 Å². The van der Waals surface area contributed by atoms with Crippen LogP contribution in [0.25, 0.3) is 0 Å². The first kappa shape index (κ1) is 13.4. The molecule has 1 aliphatic heterocycles. The van der Waals surface area contributed by atoms with Crippen molar-refractivity contribution < 1.29 is 5.11 Å². The maximum atomic E-state index is 9.79. The number of β-amino-alcohol motifs (C(OH)–C–C–N with tert-alkyl or cyclic N) is 1. The number of anilines is 1. The van der Waals surface area contributed by atoms with Crippen molar-refractivity contribution in [3.8, 4) is 0 Å². The van der Waals surface area contributed by atoms with Crippen LogP contribution in [-0.2, 0) is 6.54 Å². The summed E-state index contributed by atoms with van der Waals surface area (Å²) in [5.41, 5.74) is 2.61. The Hall–Kier alpha value is -1.06. The van der Waals surface area contributed by atoms with Crippen LogP contribution in [0.5, 0.6) is 0 Å². The Kier molecular flexibility index (Phi) is 5.02. The lowest BCUT2D eigenvalue weighted by Gasteiger charge is -2.33. The zero-order valence-electron chi connectivity index (χ0n) is 11.2.